The van der Waals surface area contributed by atoms with Crippen molar-refractivity contribution in [2.24, 2.45) is 17.6 Å². The van der Waals surface area contributed by atoms with E-state index in [2.05, 4.69) is 27.7 Å². The maximum absolute atomic E-state index is 12.6. The van der Waals surface area contributed by atoms with E-state index < -0.39 is 0 Å². The van der Waals surface area contributed by atoms with Gasteiger partial charge in [0, 0.05) is 30.1 Å². The van der Waals surface area contributed by atoms with Crippen molar-refractivity contribution in [3.8, 4) is 0 Å². The van der Waals surface area contributed by atoms with Gasteiger partial charge < -0.3 is 11.1 Å². The zero-order valence-corrected chi connectivity index (χ0v) is 18.1. The van der Waals surface area contributed by atoms with Gasteiger partial charge in [-0.05, 0) is 56.5 Å². The molecule has 0 bridgehead atoms. The van der Waals surface area contributed by atoms with Gasteiger partial charge in [0.15, 0.2) is 0 Å². The second-order valence-electron chi connectivity index (χ2n) is 7.87. The standard InChI is InChI=1S/C19H31N3OS.2ClH/c1-19(20)9-3-2-8-17(19)18(23)21-12-15-6-4-10-22(13-15)14-16-7-5-11-24-16;;/h5,7,11,15,17H,2-4,6,8-10,12-14,20H2,1H3,(H,21,23);2*1H. The summed E-state index contributed by atoms with van der Waals surface area (Å²) in [5.41, 5.74) is 6.03. The van der Waals surface area contributed by atoms with Crippen LogP contribution in [0.1, 0.15) is 50.3 Å². The largest absolute Gasteiger partial charge is 0.355 e. The van der Waals surface area contributed by atoms with Crippen LogP contribution in [0.5, 0.6) is 0 Å². The van der Waals surface area contributed by atoms with Gasteiger partial charge in [0.2, 0.25) is 5.91 Å². The van der Waals surface area contributed by atoms with Crippen LogP contribution in [0, 0.1) is 11.8 Å². The van der Waals surface area contributed by atoms with Crippen molar-refractivity contribution in [3.05, 3.63) is 22.4 Å². The first kappa shape index (κ1) is 23.7. The van der Waals surface area contributed by atoms with E-state index in [9.17, 15) is 4.79 Å². The Morgan fingerprint density at radius 1 is 1.35 bits per heavy atom. The highest BCUT2D eigenvalue weighted by Crippen LogP contribution is 2.31. The van der Waals surface area contributed by atoms with E-state index in [0.29, 0.717) is 5.92 Å². The smallest absolute Gasteiger partial charge is 0.224 e. The summed E-state index contributed by atoms with van der Waals surface area (Å²) in [6.45, 7) is 6.15. The lowest BCUT2D eigenvalue weighted by Gasteiger charge is -2.38. The van der Waals surface area contributed by atoms with E-state index in [-0.39, 0.29) is 42.2 Å². The van der Waals surface area contributed by atoms with E-state index in [1.807, 2.05) is 18.3 Å². The zero-order valence-electron chi connectivity index (χ0n) is 15.6. The first-order chi connectivity index (χ1) is 11.5. The second-order valence-corrected chi connectivity index (χ2v) is 8.90. The molecule has 26 heavy (non-hydrogen) atoms. The summed E-state index contributed by atoms with van der Waals surface area (Å²) in [5.74, 6) is 0.724. The highest BCUT2D eigenvalue weighted by atomic mass is 35.5. The number of piperidine rings is 1. The molecule has 2 fully saturated rings. The van der Waals surface area contributed by atoms with Gasteiger partial charge in [-0.2, -0.15) is 0 Å². The first-order valence-electron chi connectivity index (χ1n) is 9.36. The van der Waals surface area contributed by atoms with Crippen LogP contribution in [-0.2, 0) is 11.3 Å². The number of amides is 1. The predicted molar refractivity (Wildman–Crippen MR) is 114 cm³/mol. The second kappa shape index (κ2) is 10.9. The minimum Gasteiger partial charge on any atom is -0.355 e. The molecule has 4 nitrogen and oxygen atoms in total. The van der Waals surface area contributed by atoms with Gasteiger partial charge in [-0.15, -0.1) is 36.2 Å². The van der Waals surface area contributed by atoms with Crippen LogP contribution in [-0.4, -0.2) is 36.0 Å². The molecule has 1 aromatic rings. The Bertz CT molecular complexity index is 539. The summed E-state index contributed by atoms with van der Waals surface area (Å²) in [6.07, 6.45) is 6.62. The molecule has 1 saturated carbocycles. The molecular weight excluding hydrogens is 389 g/mol. The lowest BCUT2D eigenvalue weighted by Crippen LogP contribution is -2.53. The van der Waals surface area contributed by atoms with E-state index in [4.69, 9.17) is 5.73 Å². The highest BCUT2D eigenvalue weighted by Gasteiger charge is 2.37. The van der Waals surface area contributed by atoms with Gasteiger partial charge in [-0.1, -0.05) is 18.9 Å². The molecule has 7 heteroatoms. The van der Waals surface area contributed by atoms with Gasteiger partial charge >= 0.3 is 0 Å². The Kier molecular flexibility index (Phi) is 9.91. The van der Waals surface area contributed by atoms with Crippen molar-refractivity contribution in [2.45, 2.75) is 57.5 Å². The third kappa shape index (κ3) is 6.38. The fourth-order valence-electron chi connectivity index (χ4n) is 4.24. The zero-order chi connectivity index (χ0) is 17.0. The van der Waals surface area contributed by atoms with Crippen LogP contribution in [0.2, 0.25) is 0 Å². The van der Waals surface area contributed by atoms with Gasteiger partial charge in [0.25, 0.3) is 0 Å². The molecule has 1 amide bonds. The molecule has 3 N–H and O–H groups in total. The summed E-state index contributed by atoms with van der Waals surface area (Å²) in [4.78, 5) is 16.6. The molecule has 3 unspecified atom stereocenters. The fraction of sp³-hybridized carbons (Fsp3) is 0.737. The summed E-state index contributed by atoms with van der Waals surface area (Å²) in [6, 6.07) is 4.33. The summed E-state index contributed by atoms with van der Waals surface area (Å²) in [5, 5.41) is 5.36. The van der Waals surface area contributed by atoms with E-state index in [1.54, 1.807) is 0 Å². The van der Waals surface area contributed by atoms with Gasteiger partial charge in [-0.3, -0.25) is 9.69 Å². The normalized spacial score (nSPS) is 29.3. The highest BCUT2D eigenvalue weighted by molar-refractivity contribution is 7.09. The molecule has 0 aromatic carbocycles. The van der Waals surface area contributed by atoms with Gasteiger partial charge in [0.05, 0.1) is 5.92 Å². The molecule has 1 aromatic heterocycles. The van der Waals surface area contributed by atoms with Crippen molar-refractivity contribution in [2.75, 3.05) is 19.6 Å². The van der Waals surface area contributed by atoms with E-state index >= 15 is 0 Å². The van der Waals surface area contributed by atoms with Gasteiger partial charge in [0.1, 0.15) is 0 Å². The third-order valence-corrected chi connectivity index (χ3v) is 6.56. The Balaban J connectivity index is 0.00000169. The monoisotopic (exact) mass is 421 g/mol. The van der Waals surface area contributed by atoms with Crippen LogP contribution in [0.4, 0.5) is 0 Å². The molecular formula is C19H33Cl2N3OS. The average Bonchev–Trinajstić information content (AvgIpc) is 3.05. The molecule has 0 spiro atoms. The molecule has 2 aliphatic rings. The summed E-state index contributed by atoms with van der Waals surface area (Å²) >= 11 is 1.83. The number of rotatable bonds is 5. The van der Waals surface area contributed by atoms with E-state index in [0.717, 1.165) is 45.3 Å². The molecule has 0 radical (unpaired) electrons. The average molecular weight is 422 g/mol. The molecule has 150 valence electrons. The molecule has 3 rings (SSSR count). The van der Waals surface area contributed by atoms with Crippen LogP contribution >= 0.6 is 36.2 Å². The number of nitrogens with one attached hydrogen (secondary N) is 1. The molecule has 1 aliphatic heterocycles. The fourth-order valence-corrected chi connectivity index (χ4v) is 4.99. The number of hydrogen-bond donors (Lipinski definition) is 2. The minimum atomic E-state index is -0.333. The predicted octanol–water partition coefficient (Wildman–Crippen LogP) is 3.83. The lowest BCUT2D eigenvalue weighted by atomic mass is 9.74. The van der Waals surface area contributed by atoms with E-state index in [1.165, 1.54) is 24.3 Å². The minimum absolute atomic E-state index is 0. The van der Waals surface area contributed by atoms with Crippen molar-refractivity contribution >= 4 is 42.1 Å². The SMILES string of the molecule is CC1(N)CCCCC1C(=O)NCC1CCCN(Cc2cccs2)C1.Cl.Cl. The Morgan fingerprint density at radius 2 is 2.15 bits per heavy atom. The Morgan fingerprint density at radius 3 is 2.85 bits per heavy atom. The van der Waals surface area contributed by atoms with Crippen molar-refractivity contribution < 1.29 is 4.79 Å². The Hall–Kier alpha value is -0.330. The van der Waals surface area contributed by atoms with Crippen LogP contribution in [0.25, 0.3) is 0 Å². The number of thiophene rings is 1. The summed E-state index contributed by atoms with van der Waals surface area (Å²) < 4.78 is 0. The van der Waals surface area contributed by atoms with Crippen LogP contribution in [0.15, 0.2) is 17.5 Å². The van der Waals surface area contributed by atoms with Crippen molar-refractivity contribution in [1.29, 1.82) is 0 Å². The molecule has 3 atom stereocenters. The number of nitrogens with two attached hydrogens (primary N) is 1. The maximum atomic E-state index is 12.6. The van der Waals surface area contributed by atoms with Crippen LogP contribution < -0.4 is 11.1 Å². The molecule has 1 aliphatic carbocycles. The third-order valence-electron chi connectivity index (χ3n) is 5.70. The number of halogens is 2. The lowest BCUT2D eigenvalue weighted by molar-refractivity contribution is -0.128. The topological polar surface area (TPSA) is 58.4 Å². The molecule has 1 saturated heterocycles. The maximum Gasteiger partial charge on any atom is 0.224 e. The number of nitrogens with zero attached hydrogens (tertiary/aromatic N) is 1. The number of carbonyl (C=O) groups is 1. The number of hydrogen-bond acceptors (Lipinski definition) is 4. The van der Waals surface area contributed by atoms with Crippen LogP contribution in [0.3, 0.4) is 0 Å². The van der Waals surface area contributed by atoms with Gasteiger partial charge in [-0.25, -0.2) is 0 Å². The van der Waals surface area contributed by atoms with Crippen molar-refractivity contribution in [3.63, 3.8) is 0 Å². The number of carbonyl (C=O) groups excluding carboxylic acids is 1. The van der Waals surface area contributed by atoms with Crippen molar-refractivity contribution in [1.82, 2.24) is 10.2 Å². The Labute approximate surface area is 174 Å². The summed E-state index contributed by atoms with van der Waals surface area (Å²) in [7, 11) is 0. The first-order valence-corrected chi connectivity index (χ1v) is 10.2. The number of likely N-dealkylation sites (tertiary alicyclic amines) is 1. The molecule has 2 heterocycles. The quantitative estimate of drug-likeness (QED) is 0.758.